The van der Waals surface area contributed by atoms with Gasteiger partial charge in [0.2, 0.25) is 0 Å². The molecule has 1 aliphatic heterocycles. The van der Waals surface area contributed by atoms with E-state index in [4.69, 9.17) is 4.74 Å². The Morgan fingerprint density at radius 1 is 1.07 bits per heavy atom. The van der Waals surface area contributed by atoms with Gasteiger partial charge >= 0.3 is 6.09 Å². The van der Waals surface area contributed by atoms with Crippen molar-refractivity contribution in [2.75, 3.05) is 47.3 Å². The number of hydrogen-bond donors (Lipinski definition) is 3. The third kappa shape index (κ3) is 7.83. The van der Waals surface area contributed by atoms with E-state index in [9.17, 15) is 4.79 Å². The predicted molar refractivity (Wildman–Crippen MR) is 114 cm³/mol. The zero-order valence-electron chi connectivity index (χ0n) is 18.5. The van der Waals surface area contributed by atoms with Gasteiger partial charge in [-0.3, -0.25) is 9.89 Å². The van der Waals surface area contributed by atoms with E-state index in [0.29, 0.717) is 12.1 Å². The molecule has 162 valence electrons. The second-order valence-electron chi connectivity index (χ2n) is 9.19. The number of nitrogens with zero attached hydrogens (tertiary/aromatic N) is 3. The molecule has 1 heterocycles. The van der Waals surface area contributed by atoms with Crippen LogP contribution in [0.15, 0.2) is 4.99 Å². The quantitative estimate of drug-likeness (QED) is 0.490. The van der Waals surface area contributed by atoms with E-state index in [0.717, 1.165) is 57.8 Å². The lowest BCUT2D eigenvalue weighted by Gasteiger charge is -2.38. The van der Waals surface area contributed by atoms with Crippen molar-refractivity contribution in [3.05, 3.63) is 0 Å². The highest BCUT2D eigenvalue weighted by atomic mass is 16.6. The largest absolute Gasteiger partial charge is 0.444 e. The van der Waals surface area contributed by atoms with Gasteiger partial charge in [0.05, 0.1) is 0 Å². The number of guanidine groups is 1. The summed E-state index contributed by atoms with van der Waals surface area (Å²) in [6, 6.07) is 1.06. The third-order valence-corrected chi connectivity index (χ3v) is 5.50. The number of hydrogen-bond acceptors (Lipinski definition) is 5. The van der Waals surface area contributed by atoms with Crippen LogP contribution in [0.5, 0.6) is 0 Å². The lowest BCUT2D eigenvalue weighted by atomic mass is 9.91. The maximum Gasteiger partial charge on any atom is 0.407 e. The Labute approximate surface area is 170 Å². The van der Waals surface area contributed by atoms with E-state index >= 15 is 0 Å². The number of alkyl carbamates (subject to hydrolysis) is 1. The first-order valence-corrected chi connectivity index (χ1v) is 10.5. The summed E-state index contributed by atoms with van der Waals surface area (Å²) in [6.45, 7) is 9.83. The number of piperazine rings is 1. The Morgan fingerprint density at radius 2 is 1.68 bits per heavy atom. The highest BCUT2D eigenvalue weighted by molar-refractivity contribution is 5.80. The van der Waals surface area contributed by atoms with Crippen molar-refractivity contribution in [3.63, 3.8) is 0 Å². The number of aliphatic imine (C=N–C) groups is 1. The van der Waals surface area contributed by atoms with E-state index in [1.807, 2.05) is 27.8 Å². The molecule has 0 radical (unpaired) electrons. The number of amides is 1. The number of nitrogens with one attached hydrogen (secondary N) is 3. The molecule has 2 rings (SSSR count). The maximum absolute atomic E-state index is 11.9. The molecule has 8 nitrogen and oxygen atoms in total. The van der Waals surface area contributed by atoms with Crippen molar-refractivity contribution in [1.82, 2.24) is 25.8 Å². The van der Waals surface area contributed by atoms with Crippen LogP contribution in [0.2, 0.25) is 0 Å². The Morgan fingerprint density at radius 3 is 2.25 bits per heavy atom. The molecule has 2 fully saturated rings. The fraction of sp³-hybridized carbons (Fsp3) is 0.900. The van der Waals surface area contributed by atoms with Crippen LogP contribution in [0.4, 0.5) is 4.79 Å². The molecule has 0 aromatic heterocycles. The Hall–Kier alpha value is -1.54. The zero-order chi connectivity index (χ0) is 20.7. The first-order chi connectivity index (χ1) is 13.2. The standard InChI is InChI=1S/C20H40N6O2/c1-20(2,3)28-19(27)24-16-9-7-15(8-10-16)23-18(21-4)22-13-17-14-25(5)11-12-26(17)6/h15-17H,7-14H2,1-6H3,(H,24,27)(H2,21,22,23). The van der Waals surface area contributed by atoms with Gasteiger partial charge < -0.3 is 25.6 Å². The molecular formula is C20H40N6O2. The maximum atomic E-state index is 11.9. The summed E-state index contributed by atoms with van der Waals surface area (Å²) in [7, 11) is 6.19. The van der Waals surface area contributed by atoms with Gasteiger partial charge in [0.15, 0.2) is 5.96 Å². The molecule has 0 bridgehead atoms. The Balaban J connectivity index is 1.70. The van der Waals surface area contributed by atoms with Crippen LogP contribution in [0.3, 0.4) is 0 Å². The fourth-order valence-electron chi connectivity index (χ4n) is 3.78. The molecule has 3 N–H and O–H groups in total. The van der Waals surface area contributed by atoms with Crippen LogP contribution in [0.1, 0.15) is 46.5 Å². The van der Waals surface area contributed by atoms with E-state index in [2.05, 4.69) is 44.8 Å². The van der Waals surface area contributed by atoms with Crippen molar-refractivity contribution in [2.24, 2.45) is 4.99 Å². The van der Waals surface area contributed by atoms with Gasteiger partial charge in [-0.15, -0.1) is 0 Å². The average molecular weight is 397 g/mol. The summed E-state index contributed by atoms with van der Waals surface area (Å²) in [4.78, 5) is 21.1. The minimum absolute atomic E-state index is 0.189. The molecule has 0 spiro atoms. The fourth-order valence-corrected chi connectivity index (χ4v) is 3.78. The van der Waals surface area contributed by atoms with Gasteiger partial charge in [0.1, 0.15) is 5.60 Å². The molecule has 1 aliphatic carbocycles. The highest BCUT2D eigenvalue weighted by Gasteiger charge is 2.26. The number of rotatable bonds is 4. The lowest BCUT2D eigenvalue weighted by molar-refractivity contribution is 0.0490. The second kappa shape index (κ2) is 10.3. The van der Waals surface area contributed by atoms with Crippen molar-refractivity contribution in [2.45, 2.75) is 70.2 Å². The van der Waals surface area contributed by atoms with Crippen LogP contribution in [-0.4, -0.2) is 92.9 Å². The SMILES string of the molecule is CN=C(NCC1CN(C)CCN1C)NC1CCC(NC(=O)OC(C)(C)C)CC1. The van der Waals surface area contributed by atoms with Gasteiger partial charge in [-0.1, -0.05) is 0 Å². The minimum atomic E-state index is -0.456. The molecule has 0 aromatic carbocycles. The van der Waals surface area contributed by atoms with Crippen LogP contribution in [-0.2, 0) is 4.74 Å². The van der Waals surface area contributed by atoms with Crippen molar-refractivity contribution < 1.29 is 9.53 Å². The summed E-state index contributed by atoms with van der Waals surface area (Å²) < 4.78 is 5.35. The highest BCUT2D eigenvalue weighted by Crippen LogP contribution is 2.19. The second-order valence-corrected chi connectivity index (χ2v) is 9.19. The van der Waals surface area contributed by atoms with Crippen molar-refractivity contribution in [1.29, 1.82) is 0 Å². The molecule has 8 heteroatoms. The lowest BCUT2D eigenvalue weighted by Crippen LogP contribution is -2.56. The summed E-state index contributed by atoms with van der Waals surface area (Å²) in [5.74, 6) is 0.866. The molecule has 1 saturated heterocycles. The predicted octanol–water partition coefficient (Wildman–Crippen LogP) is 1.23. The average Bonchev–Trinajstić information content (AvgIpc) is 2.61. The van der Waals surface area contributed by atoms with Crippen molar-refractivity contribution in [3.8, 4) is 0 Å². The topological polar surface area (TPSA) is 81.2 Å². The number of carbonyl (C=O) groups is 1. The first kappa shape index (κ1) is 22.7. The van der Waals surface area contributed by atoms with Gasteiger partial charge in [-0.25, -0.2) is 4.79 Å². The molecular weight excluding hydrogens is 356 g/mol. The number of ether oxygens (including phenoxy) is 1. The number of carbonyl (C=O) groups excluding carboxylic acids is 1. The van der Waals surface area contributed by atoms with E-state index in [1.165, 1.54) is 0 Å². The molecule has 28 heavy (non-hydrogen) atoms. The Kier molecular flexibility index (Phi) is 8.37. The van der Waals surface area contributed by atoms with Crippen LogP contribution < -0.4 is 16.0 Å². The van der Waals surface area contributed by atoms with Crippen LogP contribution in [0.25, 0.3) is 0 Å². The molecule has 1 unspecified atom stereocenters. The first-order valence-electron chi connectivity index (χ1n) is 10.5. The summed E-state index contributed by atoms with van der Waals surface area (Å²) >= 11 is 0. The smallest absolute Gasteiger partial charge is 0.407 e. The molecule has 1 atom stereocenters. The van der Waals surface area contributed by atoms with E-state index in [1.54, 1.807) is 0 Å². The van der Waals surface area contributed by atoms with Crippen LogP contribution >= 0.6 is 0 Å². The van der Waals surface area contributed by atoms with Gasteiger partial charge in [-0.2, -0.15) is 0 Å². The van der Waals surface area contributed by atoms with Gasteiger partial charge in [-0.05, 0) is 60.5 Å². The van der Waals surface area contributed by atoms with E-state index in [-0.39, 0.29) is 12.1 Å². The normalized spacial score (nSPS) is 27.9. The Bertz CT molecular complexity index is 525. The summed E-state index contributed by atoms with van der Waals surface area (Å²) in [5, 5.41) is 10.0. The molecule has 0 aromatic rings. The summed E-state index contributed by atoms with van der Waals surface area (Å²) in [6.07, 6.45) is 3.59. The number of likely N-dealkylation sites (N-methyl/N-ethyl adjacent to an activating group) is 2. The monoisotopic (exact) mass is 396 g/mol. The van der Waals surface area contributed by atoms with Gasteiger partial charge in [0.25, 0.3) is 0 Å². The summed E-state index contributed by atoms with van der Waals surface area (Å²) in [5.41, 5.74) is -0.456. The minimum Gasteiger partial charge on any atom is -0.444 e. The molecule has 2 aliphatic rings. The molecule has 1 amide bonds. The molecule has 1 saturated carbocycles. The van der Waals surface area contributed by atoms with Crippen LogP contribution in [0, 0.1) is 0 Å². The van der Waals surface area contributed by atoms with Crippen molar-refractivity contribution >= 4 is 12.1 Å². The zero-order valence-corrected chi connectivity index (χ0v) is 18.5. The van der Waals surface area contributed by atoms with E-state index < -0.39 is 5.60 Å². The third-order valence-electron chi connectivity index (χ3n) is 5.50. The van der Waals surface area contributed by atoms with Gasteiger partial charge in [0, 0.05) is 51.4 Å².